The van der Waals surface area contributed by atoms with Gasteiger partial charge in [0.2, 0.25) is 0 Å². The van der Waals surface area contributed by atoms with Crippen LogP contribution >= 0.6 is 34.5 Å². The van der Waals surface area contributed by atoms with Gasteiger partial charge in [0, 0.05) is 15.5 Å². The van der Waals surface area contributed by atoms with Crippen LogP contribution in [-0.4, -0.2) is 4.98 Å². The van der Waals surface area contributed by atoms with Crippen LogP contribution in [0.1, 0.15) is 4.88 Å². The number of aromatic nitrogens is 1. The van der Waals surface area contributed by atoms with Gasteiger partial charge in [-0.3, -0.25) is 0 Å². The van der Waals surface area contributed by atoms with E-state index in [0.29, 0.717) is 15.9 Å². The van der Waals surface area contributed by atoms with Crippen LogP contribution in [0.5, 0.6) is 0 Å². The first-order valence-electron chi connectivity index (χ1n) is 4.26. The van der Waals surface area contributed by atoms with E-state index in [1.54, 1.807) is 12.1 Å². The second-order valence-corrected chi connectivity index (χ2v) is 5.13. The zero-order valence-corrected chi connectivity index (χ0v) is 10.2. The predicted octanol–water partition coefficient (Wildman–Crippen LogP) is 4.01. The molecule has 0 saturated carbocycles. The first-order valence-corrected chi connectivity index (χ1v) is 5.83. The summed E-state index contributed by atoms with van der Waals surface area (Å²) in [7, 11) is 0. The first-order chi connectivity index (χ1) is 7.08. The number of thiazole rings is 1. The number of hydrogen-bond donors (Lipinski definition) is 1. The molecule has 5 heteroatoms. The lowest BCUT2D eigenvalue weighted by Gasteiger charge is -1.99. The molecule has 78 valence electrons. The topological polar surface area (TPSA) is 38.9 Å². The van der Waals surface area contributed by atoms with Crippen LogP contribution < -0.4 is 5.73 Å². The highest BCUT2D eigenvalue weighted by atomic mass is 35.5. The van der Waals surface area contributed by atoms with Crippen LogP contribution in [-0.2, 0) is 0 Å². The number of anilines is 1. The van der Waals surface area contributed by atoms with Crippen LogP contribution in [0.2, 0.25) is 10.0 Å². The Morgan fingerprint density at radius 2 is 2.07 bits per heavy atom. The fourth-order valence-corrected chi connectivity index (χ4v) is 2.61. The largest absolute Gasteiger partial charge is 0.383 e. The van der Waals surface area contributed by atoms with Crippen molar-refractivity contribution in [2.45, 2.75) is 6.92 Å². The van der Waals surface area contributed by atoms with Crippen molar-refractivity contribution in [2.24, 2.45) is 0 Å². The summed E-state index contributed by atoms with van der Waals surface area (Å²) in [6.45, 7) is 1.93. The number of aryl methyl sites for hydroxylation is 1. The Kier molecular flexibility index (Phi) is 2.87. The third-order valence-corrected chi connectivity index (χ3v) is 3.56. The molecular weight excluding hydrogens is 251 g/mol. The Morgan fingerprint density at radius 1 is 1.33 bits per heavy atom. The van der Waals surface area contributed by atoms with Gasteiger partial charge in [-0.15, -0.1) is 11.3 Å². The minimum atomic E-state index is 0.556. The summed E-state index contributed by atoms with van der Waals surface area (Å²) in [5.41, 5.74) is 6.55. The third-order valence-electron chi connectivity index (χ3n) is 1.99. The molecule has 0 bridgehead atoms. The van der Waals surface area contributed by atoms with E-state index in [0.717, 1.165) is 15.4 Å². The molecule has 0 atom stereocenters. The lowest BCUT2D eigenvalue weighted by atomic mass is 10.2. The zero-order chi connectivity index (χ0) is 11.0. The molecule has 0 saturated heterocycles. The van der Waals surface area contributed by atoms with Gasteiger partial charge < -0.3 is 5.73 Å². The summed E-state index contributed by atoms with van der Waals surface area (Å²) in [4.78, 5) is 5.24. The van der Waals surface area contributed by atoms with E-state index in [1.807, 2.05) is 13.0 Å². The Labute approximate surface area is 102 Å². The first kappa shape index (κ1) is 10.7. The molecule has 0 aliphatic heterocycles. The molecule has 0 radical (unpaired) electrons. The molecular formula is C10H8Cl2N2S. The second kappa shape index (κ2) is 4.00. The van der Waals surface area contributed by atoms with E-state index in [4.69, 9.17) is 28.9 Å². The smallest absolute Gasteiger partial charge is 0.138 e. The van der Waals surface area contributed by atoms with Gasteiger partial charge >= 0.3 is 0 Å². The third kappa shape index (κ3) is 2.09. The van der Waals surface area contributed by atoms with Crippen LogP contribution in [0.25, 0.3) is 10.6 Å². The average molecular weight is 259 g/mol. The minimum absolute atomic E-state index is 0.556. The van der Waals surface area contributed by atoms with E-state index < -0.39 is 0 Å². The maximum atomic E-state index is 6.07. The Hall–Kier alpha value is -0.770. The van der Waals surface area contributed by atoms with Crippen molar-refractivity contribution in [1.29, 1.82) is 0 Å². The van der Waals surface area contributed by atoms with Gasteiger partial charge in [0.05, 0.1) is 5.02 Å². The number of halogens is 2. The summed E-state index contributed by atoms with van der Waals surface area (Å²) in [5.74, 6) is 0.556. The quantitative estimate of drug-likeness (QED) is 0.840. The van der Waals surface area contributed by atoms with Crippen molar-refractivity contribution in [3.8, 4) is 10.6 Å². The summed E-state index contributed by atoms with van der Waals surface area (Å²) >= 11 is 13.4. The molecule has 2 nitrogen and oxygen atoms in total. The number of hydrogen-bond acceptors (Lipinski definition) is 3. The van der Waals surface area contributed by atoms with Crippen molar-refractivity contribution in [3.05, 3.63) is 33.1 Å². The highest BCUT2D eigenvalue weighted by Gasteiger charge is 2.10. The number of nitrogens with zero attached hydrogens (tertiary/aromatic N) is 1. The van der Waals surface area contributed by atoms with Gasteiger partial charge in [-0.25, -0.2) is 4.98 Å². The predicted molar refractivity (Wildman–Crippen MR) is 66.7 cm³/mol. The molecule has 1 aromatic heterocycles. The fraction of sp³-hybridized carbons (Fsp3) is 0.100. The van der Waals surface area contributed by atoms with Crippen LogP contribution in [0.15, 0.2) is 18.2 Å². The summed E-state index contributed by atoms with van der Waals surface area (Å²) < 4.78 is 0. The molecule has 0 aliphatic rings. The Bertz CT molecular complexity index is 489. The zero-order valence-electron chi connectivity index (χ0n) is 7.92. The molecule has 0 unspecified atom stereocenters. The van der Waals surface area contributed by atoms with Crippen molar-refractivity contribution in [2.75, 3.05) is 5.73 Å². The van der Waals surface area contributed by atoms with Crippen molar-refractivity contribution in [1.82, 2.24) is 4.98 Å². The molecule has 1 heterocycles. The average Bonchev–Trinajstić information content (AvgIpc) is 2.46. The van der Waals surface area contributed by atoms with Gasteiger partial charge in [0.15, 0.2) is 0 Å². The van der Waals surface area contributed by atoms with E-state index >= 15 is 0 Å². The number of nitrogens with two attached hydrogens (primary N) is 1. The van der Waals surface area contributed by atoms with Crippen molar-refractivity contribution in [3.63, 3.8) is 0 Å². The van der Waals surface area contributed by atoms with Crippen LogP contribution in [0.3, 0.4) is 0 Å². The Balaban J connectivity index is 2.54. The molecule has 2 rings (SSSR count). The molecule has 2 aromatic rings. The normalized spacial score (nSPS) is 10.6. The standard InChI is InChI=1S/C10H8Cl2N2S/c1-5-9(13)14-10(15-5)7-3-2-6(11)4-8(7)12/h2-4H,13H2,1H3. The molecule has 2 N–H and O–H groups in total. The molecule has 1 aromatic carbocycles. The molecule has 15 heavy (non-hydrogen) atoms. The van der Waals surface area contributed by atoms with Gasteiger partial charge in [0.25, 0.3) is 0 Å². The van der Waals surface area contributed by atoms with Gasteiger partial charge in [-0.2, -0.15) is 0 Å². The van der Waals surface area contributed by atoms with Gasteiger partial charge in [-0.05, 0) is 25.1 Å². The second-order valence-electron chi connectivity index (χ2n) is 3.08. The van der Waals surface area contributed by atoms with Crippen LogP contribution in [0.4, 0.5) is 5.82 Å². The molecule has 0 aliphatic carbocycles. The van der Waals surface area contributed by atoms with E-state index in [-0.39, 0.29) is 0 Å². The van der Waals surface area contributed by atoms with Crippen molar-refractivity contribution >= 4 is 40.4 Å². The number of rotatable bonds is 1. The summed E-state index contributed by atoms with van der Waals surface area (Å²) in [6, 6.07) is 5.34. The summed E-state index contributed by atoms with van der Waals surface area (Å²) in [6.07, 6.45) is 0. The van der Waals surface area contributed by atoms with Gasteiger partial charge in [0.1, 0.15) is 10.8 Å². The monoisotopic (exact) mass is 258 g/mol. The lowest BCUT2D eigenvalue weighted by Crippen LogP contribution is -1.86. The number of benzene rings is 1. The van der Waals surface area contributed by atoms with E-state index in [9.17, 15) is 0 Å². The number of nitrogen functional groups attached to an aromatic ring is 1. The molecule has 0 fully saturated rings. The van der Waals surface area contributed by atoms with E-state index in [2.05, 4.69) is 4.98 Å². The fourth-order valence-electron chi connectivity index (χ4n) is 1.19. The van der Waals surface area contributed by atoms with Crippen LogP contribution in [0, 0.1) is 6.92 Å². The minimum Gasteiger partial charge on any atom is -0.383 e. The molecule has 0 spiro atoms. The SMILES string of the molecule is Cc1sc(-c2ccc(Cl)cc2Cl)nc1N. The molecule has 0 amide bonds. The highest BCUT2D eigenvalue weighted by Crippen LogP contribution is 2.34. The highest BCUT2D eigenvalue weighted by molar-refractivity contribution is 7.15. The van der Waals surface area contributed by atoms with Crippen molar-refractivity contribution < 1.29 is 0 Å². The van der Waals surface area contributed by atoms with E-state index in [1.165, 1.54) is 11.3 Å². The lowest BCUT2D eigenvalue weighted by molar-refractivity contribution is 1.39. The Morgan fingerprint density at radius 3 is 2.60 bits per heavy atom. The summed E-state index contributed by atoms with van der Waals surface area (Å²) in [5, 5.41) is 2.04. The maximum absolute atomic E-state index is 6.07. The maximum Gasteiger partial charge on any atom is 0.138 e. The van der Waals surface area contributed by atoms with Gasteiger partial charge in [-0.1, -0.05) is 23.2 Å².